The summed E-state index contributed by atoms with van der Waals surface area (Å²) in [6.07, 6.45) is -3.88. The van der Waals surface area contributed by atoms with Gasteiger partial charge in [-0.3, -0.25) is 4.79 Å². The van der Waals surface area contributed by atoms with Crippen LogP contribution in [0.4, 0.5) is 13.2 Å². The maximum Gasteiger partial charge on any atom is 0.406 e. The fourth-order valence-corrected chi connectivity index (χ4v) is 1.40. The third-order valence-electron chi connectivity index (χ3n) is 2.23. The number of ether oxygens (including phenoxy) is 1. The molecule has 0 aromatic heterocycles. The molecule has 1 N–H and O–H groups in total. The first-order valence-electron chi connectivity index (χ1n) is 5.97. The van der Waals surface area contributed by atoms with Crippen molar-refractivity contribution in [1.29, 1.82) is 0 Å². The molecular formula is C11H21F3N2O2. The lowest BCUT2D eigenvalue weighted by Gasteiger charge is -2.24. The largest absolute Gasteiger partial charge is 0.406 e. The molecule has 18 heavy (non-hydrogen) atoms. The van der Waals surface area contributed by atoms with Crippen LogP contribution in [0.25, 0.3) is 0 Å². The number of carbonyl (C=O) groups excluding carboxylic acids is 1. The molecule has 0 radical (unpaired) electrons. The third-order valence-corrected chi connectivity index (χ3v) is 2.23. The Labute approximate surface area is 105 Å². The molecule has 0 aromatic carbocycles. The highest BCUT2D eigenvalue weighted by Gasteiger charge is 2.32. The van der Waals surface area contributed by atoms with Gasteiger partial charge in [0.15, 0.2) is 0 Å². The smallest absolute Gasteiger partial charge is 0.382 e. The molecule has 0 unspecified atom stereocenters. The molecule has 108 valence electrons. The van der Waals surface area contributed by atoms with Crippen molar-refractivity contribution < 1.29 is 22.7 Å². The van der Waals surface area contributed by atoms with Crippen molar-refractivity contribution >= 4 is 5.91 Å². The number of halogens is 3. The fraction of sp³-hybridized carbons (Fsp3) is 0.909. The summed E-state index contributed by atoms with van der Waals surface area (Å²) < 4.78 is 42.0. The molecule has 0 spiro atoms. The number of amides is 1. The molecular weight excluding hydrogens is 249 g/mol. The van der Waals surface area contributed by atoms with Crippen molar-refractivity contribution in [3.8, 4) is 0 Å². The number of nitrogens with zero attached hydrogens (tertiary/aromatic N) is 1. The SMILES string of the molecule is CCOCCCN(CC(F)(F)F)C(=O)CCNC. The number of carbonyl (C=O) groups is 1. The zero-order chi connectivity index (χ0) is 14.0. The highest BCUT2D eigenvalue weighted by molar-refractivity contribution is 5.76. The van der Waals surface area contributed by atoms with Crippen molar-refractivity contribution in [2.45, 2.75) is 25.9 Å². The molecule has 0 saturated carbocycles. The van der Waals surface area contributed by atoms with E-state index < -0.39 is 18.6 Å². The van der Waals surface area contributed by atoms with Crippen LogP contribution in [0.15, 0.2) is 0 Å². The van der Waals surface area contributed by atoms with E-state index in [-0.39, 0.29) is 13.0 Å². The quantitative estimate of drug-likeness (QED) is 0.644. The Morgan fingerprint density at radius 3 is 2.56 bits per heavy atom. The second kappa shape index (κ2) is 9.16. The number of hydrogen-bond acceptors (Lipinski definition) is 3. The minimum Gasteiger partial charge on any atom is -0.382 e. The van der Waals surface area contributed by atoms with Crippen LogP contribution in [0.5, 0.6) is 0 Å². The number of alkyl halides is 3. The number of hydrogen-bond donors (Lipinski definition) is 1. The van der Waals surface area contributed by atoms with Gasteiger partial charge in [0.05, 0.1) is 0 Å². The summed E-state index contributed by atoms with van der Waals surface area (Å²) in [6, 6.07) is 0. The van der Waals surface area contributed by atoms with Crippen molar-refractivity contribution in [1.82, 2.24) is 10.2 Å². The molecule has 0 heterocycles. The number of rotatable bonds is 9. The van der Waals surface area contributed by atoms with Crippen molar-refractivity contribution in [3.05, 3.63) is 0 Å². The van der Waals surface area contributed by atoms with Gasteiger partial charge in [0, 0.05) is 32.7 Å². The Kier molecular flexibility index (Phi) is 8.74. The van der Waals surface area contributed by atoms with Gasteiger partial charge in [0.1, 0.15) is 6.54 Å². The monoisotopic (exact) mass is 270 g/mol. The van der Waals surface area contributed by atoms with E-state index in [9.17, 15) is 18.0 Å². The number of nitrogens with one attached hydrogen (secondary N) is 1. The second-order valence-electron chi connectivity index (χ2n) is 3.83. The zero-order valence-corrected chi connectivity index (χ0v) is 10.8. The van der Waals surface area contributed by atoms with E-state index in [2.05, 4.69) is 5.32 Å². The van der Waals surface area contributed by atoms with Crippen molar-refractivity contribution in [3.63, 3.8) is 0 Å². The molecule has 0 saturated heterocycles. The molecule has 1 amide bonds. The van der Waals surface area contributed by atoms with Gasteiger partial charge in [-0.05, 0) is 20.4 Å². The lowest BCUT2D eigenvalue weighted by atomic mass is 10.3. The summed E-state index contributed by atoms with van der Waals surface area (Å²) in [6.45, 7) is 1.95. The average molecular weight is 270 g/mol. The Morgan fingerprint density at radius 1 is 1.39 bits per heavy atom. The average Bonchev–Trinajstić information content (AvgIpc) is 2.28. The summed E-state index contributed by atoms with van der Waals surface area (Å²) in [5.41, 5.74) is 0. The lowest BCUT2D eigenvalue weighted by molar-refractivity contribution is -0.161. The van der Waals surface area contributed by atoms with E-state index in [0.717, 1.165) is 4.90 Å². The summed E-state index contributed by atoms with van der Waals surface area (Å²) >= 11 is 0. The van der Waals surface area contributed by atoms with Crippen molar-refractivity contribution in [2.75, 3.05) is 39.9 Å². The highest BCUT2D eigenvalue weighted by Crippen LogP contribution is 2.17. The molecule has 4 nitrogen and oxygen atoms in total. The predicted molar refractivity (Wildman–Crippen MR) is 62.3 cm³/mol. The topological polar surface area (TPSA) is 41.6 Å². The highest BCUT2D eigenvalue weighted by atomic mass is 19.4. The van der Waals surface area contributed by atoms with E-state index in [1.165, 1.54) is 0 Å². The Hall–Kier alpha value is -0.820. The fourth-order valence-electron chi connectivity index (χ4n) is 1.40. The van der Waals surface area contributed by atoms with Crippen LogP contribution in [0.1, 0.15) is 19.8 Å². The first-order chi connectivity index (χ1) is 8.40. The van der Waals surface area contributed by atoms with Gasteiger partial charge in [-0.15, -0.1) is 0 Å². The van der Waals surface area contributed by atoms with Crippen LogP contribution in [0.3, 0.4) is 0 Å². The molecule has 0 bridgehead atoms. The first-order valence-corrected chi connectivity index (χ1v) is 5.97. The standard InChI is InChI=1S/C11H21F3N2O2/c1-3-18-8-4-7-16(9-11(12,13)14)10(17)5-6-15-2/h15H,3-9H2,1-2H3. The third kappa shape index (κ3) is 9.23. The second-order valence-corrected chi connectivity index (χ2v) is 3.83. The Bertz CT molecular complexity index is 235. The summed E-state index contributed by atoms with van der Waals surface area (Å²) in [5.74, 6) is -0.488. The van der Waals surface area contributed by atoms with E-state index in [1.807, 2.05) is 6.92 Å². The molecule has 0 rings (SSSR count). The lowest BCUT2D eigenvalue weighted by Crippen LogP contribution is -2.40. The van der Waals surface area contributed by atoms with Crippen LogP contribution < -0.4 is 5.32 Å². The molecule has 0 atom stereocenters. The zero-order valence-electron chi connectivity index (χ0n) is 10.8. The first kappa shape index (κ1) is 17.2. The maximum absolute atomic E-state index is 12.3. The molecule has 0 aliphatic carbocycles. The van der Waals surface area contributed by atoms with Gasteiger partial charge in [-0.2, -0.15) is 13.2 Å². The van der Waals surface area contributed by atoms with E-state index in [1.54, 1.807) is 7.05 Å². The van der Waals surface area contributed by atoms with E-state index in [4.69, 9.17) is 4.74 Å². The minimum absolute atomic E-state index is 0.0706. The van der Waals surface area contributed by atoms with Crippen LogP contribution in [-0.4, -0.2) is 56.9 Å². The summed E-state index contributed by atoms with van der Waals surface area (Å²) in [4.78, 5) is 12.4. The normalized spacial score (nSPS) is 11.6. The van der Waals surface area contributed by atoms with E-state index in [0.29, 0.717) is 26.2 Å². The maximum atomic E-state index is 12.3. The molecule has 0 aromatic rings. The molecule has 0 aliphatic heterocycles. The molecule has 0 aliphatic rings. The Morgan fingerprint density at radius 2 is 2.06 bits per heavy atom. The van der Waals surface area contributed by atoms with Gasteiger partial charge in [-0.1, -0.05) is 0 Å². The predicted octanol–water partition coefficient (Wildman–Crippen LogP) is 1.41. The molecule has 7 heteroatoms. The van der Waals surface area contributed by atoms with Gasteiger partial charge >= 0.3 is 6.18 Å². The van der Waals surface area contributed by atoms with Gasteiger partial charge in [0.2, 0.25) is 5.91 Å². The summed E-state index contributed by atoms with van der Waals surface area (Å²) in [7, 11) is 1.65. The van der Waals surface area contributed by atoms with Gasteiger partial charge in [-0.25, -0.2) is 0 Å². The van der Waals surface area contributed by atoms with Crippen molar-refractivity contribution in [2.24, 2.45) is 0 Å². The molecule has 0 fully saturated rings. The van der Waals surface area contributed by atoms with Crippen LogP contribution in [0, 0.1) is 0 Å². The van der Waals surface area contributed by atoms with Gasteiger partial charge < -0.3 is 15.0 Å². The Balaban J connectivity index is 4.19. The van der Waals surface area contributed by atoms with E-state index >= 15 is 0 Å². The van der Waals surface area contributed by atoms with Crippen LogP contribution in [-0.2, 0) is 9.53 Å². The van der Waals surface area contributed by atoms with Crippen LogP contribution in [0.2, 0.25) is 0 Å². The van der Waals surface area contributed by atoms with Crippen LogP contribution >= 0.6 is 0 Å². The summed E-state index contributed by atoms with van der Waals surface area (Å²) in [5, 5.41) is 2.74. The minimum atomic E-state index is -4.36. The van der Waals surface area contributed by atoms with Gasteiger partial charge in [0.25, 0.3) is 0 Å².